The van der Waals surface area contributed by atoms with E-state index in [9.17, 15) is 32.7 Å². The Morgan fingerprint density at radius 2 is 1.87 bits per heavy atom. The average Bonchev–Trinajstić information content (AvgIpc) is 2.98. The number of carbonyl (C=O) groups is 2. The molecule has 0 spiro atoms. The Balaban J connectivity index is 1.29. The molecule has 47 heavy (non-hydrogen) atoms. The van der Waals surface area contributed by atoms with Crippen molar-refractivity contribution in [1.29, 1.82) is 0 Å². The molecule has 1 saturated heterocycles. The van der Waals surface area contributed by atoms with Gasteiger partial charge in [-0.3, -0.25) is 14.4 Å². The van der Waals surface area contributed by atoms with Gasteiger partial charge in [0.2, 0.25) is 11.3 Å². The number of piperazine rings is 1. The fourth-order valence-electron chi connectivity index (χ4n) is 7.88. The fraction of sp³-hybridized carbons (Fsp3) is 0.581. The lowest BCUT2D eigenvalue weighted by molar-refractivity contribution is -0.337. The molecule has 8 rings (SSSR count). The number of aryl methyl sites for hydroxylation is 1. The van der Waals surface area contributed by atoms with Crippen LogP contribution in [-0.4, -0.2) is 97.2 Å². The van der Waals surface area contributed by atoms with E-state index in [0.717, 1.165) is 6.20 Å². The largest absolute Gasteiger partial charge is 0.504 e. The van der Waals surface area contributed by atoms with Crippen LogP contribution in [0.25, 0.3) is 11.2 Å². The topological polar surface area (TPSA) is 150 Å². The van der Waals surface area contributed by atoms with Gasteiger partial charge in [-0.2, -0.15) is 13.2 Å². The molecule has 4 heterocycles. The van der Waals surface area contributed by atoms with Gasteiger partial charge < -0.3 is 29.7 Å². The van der Waals surface area contributed by atoms with E-state index in [1.165, 1.54) is 17.8 Å². The van der Waals surface area contributed by atoms with E-state index in [-0.39, 0.29) is 72.1 Å². The van der Waals surface area contributed by atoms with Gasteiger partial charge in [0.25, 0.3) is 5.91 Å². The molecule has 4 saturated carbocycles. The molecule has 13 nitrogen and oxygen atoms in total. The van der Waals surface area contributed by atoms with E-state index >= 15 is 0 Å². The summed E-state index contributed by atoms with van der Waals surface area (Å²) in [6.07, 6.45) is -1.78. The lowest BCUT2D eigenvalue weighted by Gasteiger charge is -2.70. The highest BCUT2D eigenvalue weighted by molar-refractivity contribution is 5.95. The summed E-state index contributed by atoms with van der Waals surface area (Å²) in [5, 5.41) is 13.3. The Hall–Kier alpha value is -4.50. The molecule has 3 aromatic rings. The van der Waals surface area contributed by atoms with Crippen LogP contribution >= 0.6 is 0 Å². The van der Waals surface area contributed by atoms with Crippen molar-refractivity contribution in [2.24, 2.45) is 5.41 Å². The molecule has 4 aliphatic carbocycles. The molecule has 250 valence electrons. The van der Waals surface area contributed by atoms with E-state index in [4.69, 9.17) is 8.22 Å². The molecule has 16 heteroatoms. The number of carbonyl (C=O) groups excluding carboxylic acids is 2. The van der Waals surface area contributed by atoms with Gasteiger partial charge in [-0.25, -0.2) is 19.9 Å². The maximum absolute atomic E-state index is 14.5. The Bertz CT molecular complexity index is 2060. The first-order valence-corrected chi connectivity index (χ1v) is 15.3. The Labute approximate surface area is 276 Å². The van der Waals surface area contributed by atoms with E-state index in [0.29, 0.717) is 18.5 Å². The summed E-state index contributed by atoms with van der Waals surface area (Å²) in [6.45, 7) is -3.43. The number of aromatic hydroxyl groups is 1. The number of alkyl halides is 3. The molecule has 2 amide bonds. The second-order valence-electron chi connectivity index (χ2n) is 13.0. The van der Waals surface area contributed by atoms with Gasteiger partial charge in [0.1, 0.15) is 24.4 Å². The van der Waals surface area contributed by atoms with E-state index < -0.39 is 78.3 Å². The molecular formula is C31H36F3N9O4. The van der Waals surface area contributed by atoms with Crippen molar-refractivity contribution in [2.75, 3.05) is 36.8 Å². The quantitative estimate of drug-likeness (QED) is 0.386. The normalized spacial score (nSPS) is 28.6. The molecule has 3 aromatic heterocycles. The van der Waals surface area contributed by atoms with Gasteiger partial charge in [-0.1, -0.05) is 6.92 Å². The van der Waals surface area contributed by atoms with Crippen molar-refractivity contribution in [1.82, 2.24) is 34.7 Å². The summed E-state index contributed by atoms with van der Waals surface area (Å²) in [6, 6.07) is -0.820. The average molecular weight is 662 g/mol. The van der Waals surface area contributed by atoms with Gasteiger partial charge in [-0.15, -0.1) is 0 Å². The Morgan fingerprint density at radius 1 is 1.15 bits per heavy atom. The third-order valence-electron chi connectivity index (χ3n) is 10.3. The van der Waals surface area contributed by atoms with Crippen LogP contribution in [0.3, 0.4) is 0 Å². The van der Waals surface area contributed by atoms with Crippen LogP contribution in [0.15, 0.2) is 17.3 Å². The van der Waals surface area contributed by atoms with Crippen LogP contribution in [0.1, 0.15) is 69.1 Å². The van der Waals surface area contributed by atoms with Crippen LogP contribution < -0.4 is 20.5 Å². The zero-order valence-electron chi connectivity index (χ0n) is 31.6. The summed E-state index contributed by atoms with van der Waals surface area (Å²) in [5.74, 6) is -2.13. The number of hydrogen-bond acceptors (Lipinski definition) is 10. The van der Waals surface area contributed by atoms with Crippen molar-refractivity contribution < 1.29 is 36.1 Å². The first kappa shape index (κ1) is 24.6. The van der Waals surface area contributed by atoms with Crippen molar-refractivity contribution in [3.05, 3.63) is 39.8 Å². The summed E-state index contributed by atoms with van der Waals surface area (Å²) in [5.41, 5.74) is -3.59. The fourth-order valence-corrected chi connectivity index (χ4v) is 7.88. The number of fused-ring (bicyclic) bond motifs is 2. The zero-order chi connectivity index (χ0) is 38.6. The minimum Gasteiger partial charge on any atom is -0.504 e. The molecule has 2 atom stereocenters. The van der Waals surface area contributed by atoms with E-state index in [2.05, 4.69) is 25.3 Å². The first-order valence-electron chi connectivity index (χ1n) is 18.3. The van der Waals surface area contributed by atoms with Crippen LogP contribution in [-0.2, 0) is 17.8 Å². The summed E-state index contributed by atoms with van der Waals surface area (Å²) in [7, 11) is 0. The second-order valence-corrected chi connectivity index (χ2v) is 13.0. The number of anilines is 2. The third-order valence-corrected chi connectivity index (χ3v) is 10.3. The van der Waals surface area contributed by atoms with Crippen LogP contribution in [0, 0.1) is 12.3 Å². The minimum absolute atomic E-state index is 0.0895. The maximum Gasteiger partial charge on any atom is 0.394 e. The van der Waals surface area contributed by atoms with E-state index in [1.807, 2.05) is 0 Å². The lowest BCUT2D eigenvalue weighted by Crippen LogP contribution is -2.78. The predicted octanol–water partition coefficient (Wildman–Crippen LogP) is 2.32. The van der Waals surface area contributed by atoms with Gasteiger partial charge in [0.15, 0.2) is 22.6 Å². The van der Waals surface area contributed by atoms with Crippen LogP contribution in [0.5, 0.6) is 5.75 Å². The monoisotopic (exact) mass is 661 g/mol. The highest BCUT2D eigenvalue weighted by Gasteiger charge is 2.79. The van der Waals surface area contributed by atoms with Gasteiger partial charge >= 0.3 is 6.18 Å². The molecule has 0 aromatic carbocycles. The third kappa shape index (κ3) is 4.61. The SMILES string of the molecule is [2H]C([2H])([2H])N(c1cnc2c(n1)c(=O)c(N1CCN(C(=O)c3ncnc(C)c3O)[C@@H]3CC[C@H]31)c(CC)n2CC(=O)NC12CC(C(F)(F)F)(C1)C2)C([2H])([2H])[2H]. The number of nitrogens with one attached hydrogen (secondary N) is 1. The zero-order valence-corrected chi connectivity index (χ0v) is 25.6. The van der Waals surface area contributed by atoms with Gasteiger partial charge in [-0.05, 0) is 45.4 Å². The predicted molar refractivity (Wildman–Crippen MR) is 164 cm³/mol. The Kier molecular flexibility index (Phi) is 5.51. The highest BCUT2D eigenvalue weighted by Crippen LogP contribution is 2.73. The minimum atomic E-state index is -4.38. The van der Waals surface area contributed by atoms with Gasteiger partial charge in [0, 0.05) is 52.5 Å². The van der Waals surface area contributed by atoms with E-state index in [1.54, 1.807) is 16.7 Å². The molecule has 0 radical (unpaired) electrons. The molecule has 0 unspecified atom stereocenters. The Morgan fingerprint density at radius 3 is 2.51 bits per heavy atom. The van der Waals surface area contributed by atoms with Crippen molar-refractivity contribution in [3.63, 3.8) is 0 Å². The van der Waals surface area contributed by atoms with Gasteiger partial charge in [0.05, 0.1) is 23.3 Å². The number of amides is 2. The highest BCUT2D eigenvalue weighted by atomic mass is 19.4. The number of nitrogens with zero attached hydrogens (tertiary/aromatic N) is 8. The molecule has 2 N–H and O–H groups in total. The number of hydrogen-bond donors (Lipinski definition) is 2. The maximum atomic E-state index is 14.5. The number of pyridine rings is 1. The molecule has 5 fully saturated rings. The number of rotatable bonds is 7. The summed E-state index contributed by atoms with van der Waals surface area (Å²) in [4.78, 5) is 61.6. The lowest BCUT2D eigenvalue weighted by atomic mass is 9.39. The first-order chi connectivity index (χ1) is 24.6. The second kappa shape index (κ2) is 10.5. The molecular weight excluding hydrogens is 619 g/mol. The smallest absolute Gasteiger partial charge is 0.394 e. The number of halogens is 3. The number of aromatic nitrogens is 5. The van der Waals surface area contributed by atoms with Crippen molar-refractivity contribution >= 4 is 34.5 Å². The van der Waals surface area contributed by atoms with Crippen LogP contribution in [0.4, 0.5) is 24.7 Å². The summed E-state index contributed by atoms with van der Waals surface area (Å²) < 4.78 is 89.2. The molecule has 1 aliphatic heterocycles. The standard InChI is InChI=1S/C31H36F3N9O4/c1-5-17-24(41-8-9-42(19-7-6-18(19)41)28(47)23-25(45)16(2)36-15-37-23)26(46)22-27(35-10-20(38-22)40(3)4)43(17)11-21(44)39-30-12-29(13-30,14-30)31(32,33)34/h10,15,18-19,45H,5-9,11-14H2,1-4H3,(H,39,44)/t18-,19-,29?,30?/m1/s1/i3D3,4D3. The van der Waals surface area contributed by atoms with Crippen molar-refractivity contribution in [2.45, 2.75) is 82.7 Å². The van der Waals surface area contributed by atoms with Crippen molar-refractivity contribution in [3.8, 4) is 5.75 Å². The molecule has 5 aliphatic rings. The van der Waals surface area contributed by atoms with Crippen LogP contribution in [0.2, 0.25) is 0 Å². The summed E-state index contributed by atoms with van der Waals surface area (Å²) >= 11 is 0. The molecule has 2 bridgehead atoms.